The summed E-state index contributed by atoms with van der Waals surface area (Å²) in [5, 5.41) is 0. The maximum absolute atomic E-state index is 3.88. The van der Waals surface area contributed by atoms with Crippen LogP contribution in [0, 0.1) is 0 Å². The second-order valence-corrected chi connectivity index (χ2v) is 5.13. The van der Waals surface area contributed by atoms with Gasteiger partial charge in [0.2, 0.25) is 0 Å². The minimum Gasteiger partial charge on any atom is -0.293 e. The Morgan fingerprint density at radius 2 is 1.82 bits per heavy atom. The van der Waals surface area contributed by atoms with E-state index in [4.69, 9.17) is 0 Å². The van der Waals surface area contributed by atoms with Gasteiger partial charge in [-0.15, -0.1) is 6.58 Å². The van der Waals surface area contributed by atoms with Crippen molar-refractivity contribution in [1.82, 2.24) is 4.90 Å². The van der Waals surface area contributed by atoms with E-state index in [9.17, 15) is 0 Å². The summed E-state index contributed by atoms with van der Waals surface area (Å²) in [6.45, 7) is 4.85. The molecule has 0 spiro atoms. The molecule has 0 radical (unpaired) electrons. The maximum Gasteiger partial charge on any atom is 0.0460 e. The zero-order chi connectivity index (χ0) is 12.1. The fraction of sp³-hybridized carbons (Fsp3) is 0.500. The Morgan fingerprint density at radius 1 is 1.18 bits per heavy atom. The van der Waals surface area contributed by atoms with Crippen LogP contribution in [0.1, 0.15) is 37.7 Å². The third-order valence-electron chi connectivity index (χ3n) is 4.13. The van der Waals surface area contributed by atoms with Crippen LogP contribution in [-0.2, 0) is 5.54 Å². The van der Waals surface area contributed by atoms with E-state index in [1.165, 1.54) is 37.7 Å². The lowest BCUT2D eigenvalue weighted by Crippen LogP contribution is -2.45. The van der Waals surface area contributed by atoms with Crippen molar-refractivity contribution in [3.05, 3.63) is 48.6 Å². The molecule has 0 N–H and O–H groups in total. The molecule has 17 heavy (non-hydrogen) atoms. The van der Waals surface area contributed by atoms with Gasteiger partial charge in [-0.25, -0.2) is 0 Å². The Labute approximate surface area is 105 Å². The normalized spacial score (nSPS) is 19.2. The fourth-order valence-electron chi connectivity index (χ4n) is 3.14. The van der Waals surface area contributed by atoms with Gasteiger partial charge in [0.05, 0.1) is 0 Å². The highest BCUT2D eigenvalue weighted by Gasteiger charge is 2.36. The van der Waals surface area contributed by atoms with Crippen molar-refractivity contribution in [1.29, 1.82) is 0 Å². The molecular formula is C16H23N. The van der Waals surface area contributed by atoms with Crippen LogP contribution in [0.4, 0.5) is 0 Å². The third-order valence-corrected chi connectivity index (χ3v) is 4.13. The summed E-state index contributed by atoms with van der Waals surface area (Å²) in [5.74, 6) is 0. The summed E-state index contributed by atoms with van der Waals surface area (Å²) in [6, 6.07) is 11.0. The molecule has 0 saturated heterocycles. The molecule has 1 saturated carbocycles. The maximum atomic E-state index is 3.88. The monoisotopic (exact) mass is 229 g/mol. The lowest BCUT2D eigenvalue weighted by Gasteiger charge is -2.45. The highest BCUT2D eigenvalue weighted by atomic mass is 15.2. The first-order chi connectivity index (χ1) is 8.29. The average molecular weight is 229 g/mol. The Kier molecular flexibility index (Phi) is 4.01. The minimum atomic E-state index is 0.244. The van der Waals surface area contributed by atoms with Crippen LogP contribution in [0.3, 0.4) is 0 Å². The Bertz CT molecular complexity index is 349. The number of hydrogen-bond donors (Lipinski definition) is 0. The molecule has 0 aliphatic heterocycles. The van der Waals surface area contributed by atoms with Crippen LogP contribution in [-0.4, -0.2) is 18.5 Å². The van der Waals surface area contributed by atoms with Gasteiger partial charge < -0.3 is 0 Å². The number of benzene rings is 1. The molecule has 1 aromatic rings. The van der Waals surface area contributed by atoms with Gasteiger partial charge in [-0.05, 0) is 25.5 Å². The topological polar surface area (TPSA) is 3.24 Å². The van der Waals surface area contributed by atoms with E-state index in [1.54, 1.807) is 0 Å². The second kappa shape index (κ2) is 5.50. The molecule has 2 rings (SSSR count). The van der Waals surface area contributed by atoms with Crippen LogP contribution in [0.15, 0.2) is 43.0 Å². The first kappa shape index (κ1) is 12.4. The molecule has 0 amide bonds. The standard InChI is InChI=1S/C16H23N/c1-3-14-17(2)16(12-8-5-9-13-16)15-10-6-4-7-11-15/h3-4,6-7,10-11H,1,5,8-9,12-14H2,2H3. The zero-order valence-corrected chi connectivity index (χ0v) is 10.9. The van der Waals surface area contributed by atoms with Crippen molar-refractivity contribution >= 4 is 0 Å². The van der Waals surface area contributed by atoms with Gasteiger partial charge in [-0.2, -0.15) is 0 Å². The summed E-state index contributed by atoms with van der Waals surface area (Å²) in [7, 11) is 2.24. The van der Waals surface area contributed by atoms with Gasteiger partial charge in [0.25, 0.3) is 0 Å². The van der Waals surface area contributed by atoms with Gasteiger partial charge in [0.15, 0.2) is 0 Å². The van der Waals surface area contributed by atoms with Crippen LogP contribution in [0.25, 0.3) is 0 Å². The highest BCUT2D eigenvalue weighted by Crippen LogP contribution is 2.41. The van der Waals surface area contributed by atoms with Gasteiger partial charge >= 0.3 is 0 Å². The number of rotatable bonds is 4. The van der Waals surface area contributed by atoms with Gasteiger partial charge in [-0.1, -0.05) is 55.7 Å². The van der Waals surface area contributed by atoms with Gasteiger partial charge in [-0.3, -0.25) is 4.90 Å². The average Bonchev–Trinajstić information content (AvgIpc) is 2.41. The van der Waals surface area contributed by atoms with E-state index >= 15 is 0 Å². The van der Waals surface area contributed by atoms with Crippen LogP contribution in [0.5, 0.6) is 0 Å². The first-order valence-electron chi connectivity index (χ1n) is 6.67. The lowest BCUT2D eigenvalue weighted by molar-refractivity contribution is 0.0841. The molecule has 0 bridgehead atoms. The molecule has 0 aromatic heterocycles. The largest absolute Gasteiger partial charge is 0.293 e. The van der Waals surface area contributed by atoms with E-state index < -0.39 is 0 Å². The van der Waals surface area contributed by atoms with E-state index in [0.29, 0.717) is 0 Å². The lowest BCUT2D eigenvalue weighted by atomic mass is 9.75. The van der Waals surface area contributed by atoms with Gasteiger partial charge in [0, 0.05) is 12.1 Å². The van der Waals surface area contributed by atoms with Crippen LogP contribution < -0.4 is 0 Å². The minimum absolute atomic E-state index is 0.244. The third kappa shape index (κ3) is 2.44. The van der Waals surface area contributed by atoms with E-state index in [2.05, 4.69) is 48.9 Å². The molecule has 1 aromatic carbocycles. The summed E-state index contributed by atoms with van der Waals surface area (Å²) >= 11 is 0. The van der Waals surface area contributed by atoms with Crippen molar-refractivity contribution in [3.8, 4) is 0 Å². The Balaban J connectivity index is 2.32. The van der Waals surface area contributed by atoms with Crippen LogP contribution in [0.2, 0.25) is 0 Å². The van der Waals surface area contributed by atoms with Crippen molar-refractivity contribution in [2.75, 3.05) is 13.6 Å². The fourth-order valence-corrected chi connectivity index (χ4v) is 3.14. The number of nitrogens with zero attached hydrogens (tertiary/aromatic N) is 1. The Morgan fingerprint density at radius 3 is 2.41 bits per heavy atom. The molecule has 1 nitrogen and oxygen atoms in total. The zero-order valence-electron chi connectivity index (χ0n) is 10.9. The van der Waals surface area contributed by atoms with Crippen molar-refractivity contribution in [2.24, 2.45) is 0 Å². The van der Waals surface area contributed by atoms with Crippen molar-refractivity contribution < 1.29 is 0 Å². The molecule has 1 fully saturated rings. The SMILES string of the molecule is C=CCN(C)C1(c2ccccc2)CCCCC1. The summed E-state index contributed by atoms with van der Waals surface area (Å²) in [4.78, 5) is 2.48. The summed E-state index contributed by atoms with van der Waals surface area (Å²) < 4.78 is 0. The molecular weight excluding hydrogens is 206 g/mol. The van der Waals surface area contributed by atoms with Gasteiger partial charge in [0.1, 0.15) is 0 Å². The predicted molar refractivity (Wildman–Crippen MR) is 74.0 cm³/mol. The summed E-state index contributed by atoms with van der Waals surface area (Å²) in [5.41, 5.74) is 1.72. The van der Waals surface area contributed by atoms with E-state index in [0.717, 1.165) is 6.54 Å². The Hall–Kier alpha value is -1.08. The molecule has 1 aliphatic rings. The van der Waals surface area contributed by atoms with Crippen LogP contribution >= 0.6 is 0 Å². The van der Waals surface area contributed by atoms with E-state index in [-0.39, 0.29) is 5.54 Å². The molecule has 0 heterocycles. The molecule has 0 unspecified atom stereocenters. The first-order valence-corrected chi connectivity index (χ1v) is 6.67. The number of likely N-dealkylation sites (N-methyl/N-ethyl adjacent to an activating group) is 1. The molecule has 1 aliphatic carbocycles. The number of hydrogen-bond acceptors (Lipinski definition) is 1. The highest BCUT2D eigenvalue weighted by molar-refractivity contribution is 5.25. The smallest absolute Gasteiger partial charge is 0.0460 e. The predicted octanol–water partition coefficient (Wildman–Crippen LogP) is 3.96. The van der Waals surface area contributed by atoms with Crippen molar-refractivity contribution in [2.45, 2.75) is 37.6 Å². The molecule has 92 valence electrons. The summed E-state index contributed by atoms with van der Waals surface area (Å²) in [6.07, 6.45) is 8.64. The molecule has 1 heteroatoms. The van der Waals surface area contributed by atoms with Crippen molar-refractivity contribution in [3.63, 3.8) is 0 Å². The second-order valence-electron chi connectivity index (χ2n) is 5.13. The quantitative estimate of drug-likeness (QED) is 0.706. The molecule has 0 atom stereocenters. The van der Waals surface area contributed by atoms with E-state index in [1.807, 2.05) is 6.08 Å².